The number of fused-ring (bicyclic) bond motifs is 7. The molecular formula is C135H190Y4-8. The summed E-state index contributed by atoms with van der Waals surface area (Å²) < 4.78 is 0. The fourth-order valence-electron chi connectivity index (χ4n) is 13.2. The molecule has 0 aliphatic heterocycles. The maximum absolute atomic E-state index is 3.32. The van der Waals surface area contributed by atoms with Gasteiger partial charge in [-0.05, 0) is 135 Å². The largest absolute Gasteiger partial charge is 0.226 e. The van der Waals surface area contributed by atoms with Crippen LogP contribution in [0.1, 0.15) is 296 Å². The van der Waals surface area contributed by atoms with Crippen LogP contribution >= 0.6 is 0 Å². The van der Waals surface area contributed by atoms with Crippen molar-refractivity contribution < 1.29 is 131 Å². The molecular weight excluding hydrogens is 1980 g/mol. The summed E-state index contributed by atoms with van der Waals surface area (Å²) in [5.41, 5.74) is 26.9. The van der Waals surface area contributed by atoms with E-state index >= 15 is 0 Å². The van der Waals surface area contributed by atoms with Crippen molar-refractivity contribution in [1.82, 2.24) is 0 Å². The SMILES string of the molecule is C.C.C.C.C.C.C.CC.CC.CC.CC.CC.CC.CC.CC.CC.CC.CC.CC.Cc1[c-]c(-c2[c-]c(C)ccc2)ccc1.Cc1[c-]c(-c2[c-]cc(C)cc2)ccc1.Cc1c2ccccc2c(C)c2ccccc12.Cc1cc(C)c2ccc3ccccc3c2c1.Cc1cc[c-]c(-c2[c-]ccc(C)c2)c1.Cc1ccc2cc3cc(C)ccc3cc2c1.Cc1ccc[c-]c1-c1[c-]cccc1C.[Y].[Y].[Y].[Y]. The first-order valence-electron chi connectivity index (χ1n) is 47.9. The molecule has 17 aromatic rings. The third-order valence-electron chi connectivity index (χ3n) is 18.7. The fraction of sp³-hybridized carbons (Fsp3) is 0.333. The predicted octanol–water partition coefficient (Wildman–Crippen LogP) is 44.9. The fourth-order valence-corrected chi connectivity index (χ4v) is 13.2. The monoisotopic (exact) mass is 2170 g/mol. The van der Waals surface area contributed by atoms with Crippen molar-refractivity contribution in [3.05, 3.63) is 418 Å². The molecule has 0 atom stereocenters. The predicted molar refractivity (Wildman–Crippen MR) is 632 cm³/mol. The molecule has 4 radical (unpaired) electrons. The molecule has 0 aliphatic carbocycles. The van der Waals surface area contributed by atoms with E-state index in [1.165, 1.54) is 126 Å². The van der Waals surface area contributed by atoms with Crippen LogP contribution in [-0.2, 0) is 131 Å². The average Bonchev–Trinajstić information content (AvgIpc) is 0.765. The normalized spacial score (nSPS) is 8.45. The van der Waals surface area contributed by atoms with Crippen molar-refractivity contribution in [1.29, 1.82) is 0 Å². The molecule has 0 saturated carbocycles. The second-order valence-corrected chi connectivity index (χ2v) is 27.4. The van der Waals surface area contributed by atoms with Crippen molar-refractivity contribution in [3.63, 3.8) is 0 Å². The standard InChI is InChI=1S/3C16H14.4C14H12.12C2H6.7CH4.4Y/c1-11-3-5-13-10-16-8-12(2)4-6-14(16)9-15(13)7-11;1-11-13-7-3-5-9-15(13)12(2)16-10-6-4-8-14(11)16;1-11-9-12(2)14-8-7-13-5-3-4-6-15(13)16(14)10-11;2*1-11-5-3-7-13(9-11)14-8-4-6-12(2)10-14;1-11-7-3-5-9-13(11)14-10-6-4-8-12(14)2;1-11-6-8-13(9-7-11)14-5-3-4-12(2)10-14;12*1-2;;;;;;;;;;;/h3*3-10H,1-2H3;3-6,9-10H,1-2H3;3*3-8H,1-2H3;12*1-2H3;7*1H4;;;;/q;;;4*-2;;;;;;;;;;;;;;;;;;;;;;;. The Bertz CT molecular complexity index is 5410. The van der Waals surface area contributed by atoms with Crippen molar-refractivity contribution in [3.8, 4) is 44.5 Å². The number of hydrogen-bond donors (Lipinski definition) is 0. The first-order valence-corrected chi connectivity index (χ1v) is 47.9. The zero-order valence-electron chi connectivity index (χ0n) is 89.0. The van der Waals surface area contributed by atoms with Crippen LogP contribution in [-0.4, -0.2) is 0 Å². The second kappa shape index (κ2) is 96.8. The average molecular weight is 2170 g/mol. The first kappa shape index (κ1) is 160. The van der Waals surface area contributed by atoms with Crippen LogP contribution in [0.4, 0.5) is 0 Å². The second-order valence-electron chi connectivity index (χ2n) is 27.4. The molecule has 4 heteroatoms. The molecule has 0 bridgehead atoms. The van der Waals surface area contributed by atoms with Gasteiger partial charge in [0.05, 0.1) is 0 Å². The molecule has 0 aromatic heterocycles. The molecule has 0 unspecified atom stereocenters. The molecule has 0 aliphatic rings. The first-order chi connectivity index (χ1) is 62.3. The summed E-state index contributed by atoms with van der Waals surface area (Å²) in [6.45, 7) is 77.7. The maximum Gasteiger partial charge on any atom is 0 e. The van der Waals surface area contributed by atoms with E-state index in [1.54, 1.807) is 0 Å². The minimum Gasteiger partial charge on any atom is -0.226 e. The van der Waals surface area contributed by atoms with Crippen LogP contribution in [0.2, 0.25) is 0 Å². The van der Waals surface area contributed by atoms with Crippen LogP contribution in [0.5, 0.6) is 0 Å². The molecule has 0 heterocycles. The third kappa shape index (κ3) is 54.8. The summed E-state index contributed by atoms with van der Waals surface area (Å²) in [7, 11) is 0. The van der Waals surface area contributed by atoms with E-state index in [4.69, 9.17) is 0 Å². The number of benzene rings is 17. The molecule has 17 rings (SSSR count). The number of aryl methyl sites for hydroxylation is 14. The van der Waals surface area contributed by atoms with E-state index in [0.717, 1.165) is 61.2 Å². The molecule has 0 fully saturated rings. The van der Waals surface area contributed by atoms with E-state index in [1.807, 2.05) is 209 Å². The summed E-state index contributed by atoms with van der Waals surface area (Å²) in [5.74, 6) is 0. The summed E-state index contributed by atoms with van der Waals surface area (Å²) in [5, 5.41) is 16.2. The Balaban J connectivity index is -0.000000115. The molecule has 0 saturated heterocycles. The van der Waals surface area contributed by atoms with E-state index in [0.29, 0.717) is 0 Å². The summed E-state index contributed by atoms with van der Waals surface area (Å²) in [6.07, 6.45) is 0. The quantitative estimate of drug-likeness (QED) is 0.0936. The van der Waals surface area contributed by atoms with Gasteiger partial charge in [-0.2, -0.15) is 163 Å². The number of rotatable bonds is 4. The maximum atomic E-state index is 3.32. The summed E-state index contributed by atoms with van der Waals surface area (Å²) in [6, 6.07) is 128. The van der Waals surface area contributed by atoms with Gasteiger partial charge in [0, 0.05) is 131 Å². The summed E-state index contributed by atoms with van der Waals surface area (Å²) >= 11 is 0. The molecule has 0 N–H and O–H groups in total. The van der Waals surface area contributed by atoms with Crippen LogP contribution in [0.25, 0.3) is 109 Å². The van der Waals surface area contributed by atoms with Gasteiger partial charge in [-0.1, -0.05) is 424 Å². The summed E-state index contributed by atoms with van der Waals surface area (Å²) in [4.78, 5) is 0. The number of hydrogen-bond acceptors (Lipinski definition) is 0. The van der Waals surface area contributed by atoms with Crippen LogP contribution in [0.3, 0.4) is 0 Å². The van der Waals surface area contributed by atoms with Gasteiger partial charge in [0.15, 0.2) is 0 Å². The van der Waals surface area contributed by atoms with Gasteiger partial charge in [0.25, 0.3) is 0 Å². The van der Waals surface area contributed by atoms with Gasteiger partial charge in [-0.3, -0.25) is 0 Å². The van der Waals surface area contributed by atoms with E-state index in [9.17, 15) is 0 Å². The van der Waals surface area contributed by atoms with Crippen molar-refractivity contribution in [2.24, 2.45) is 0 Å². The molecule has 139 heavy (non-hydrogen) atoms. The Hall–Kier alpha value is -7.28. The van der Waals surface area contributed by atoms with E-state index < -0.39 is 0 Å². The zero-order chi connectivity index (χ0) is 97.2. The van der Waals surface area contributed by atoms with Gasteiger partial charge >= 0.3 is 0 Å². The van der Waals surface area contributed by atoms with E-state index in [2.05, 4.69) is 394 Å². The Kier molecular flexibility index (Phi) is 111. The Morgan fingerprint density at radius 3 is 0.791 bits per heavy atom. The molecule has 0 spiro atoms. The Labute approximate surface area is 961 Å². The van der Waals surface area contributed by atoms with E-state index in [-0.39, 0.29) is 183 Å². The van der Waals surface area contributed by atoms with Crippen LogP contribution in [0.15, 0.2) is 291 Å². The van der Waals surface area contributed by atoms with Crippen molar-refractivity contribution in [2.45, 2.75) is 315 Å². The Morgan fingerprint density at radius 1 is 0.165 bits per heavy atom. The van der Waals surface area contributed by atoms with Gasteiger partial charge < -0.3 is 0 Å². The van der Waals surface area contributed by atoms with Gasteiger partial charge in [-0.15, -0.1) is 75.8 Å². The van der Waals surface area contributed by atoms with Gasteiger partial charge in [-0.25, -0.2) is 44.5 Å². The van der Waals surface area contributed by atoms with Crippen molar-refractivity contribution in [2.75, 3.05) is 0 Å². The van der Waals surface area contributed by atoms with Crippen LogP contribution in [0, 0.1) is 145 Å². The third-order valence-corrected chi connectivity index (χ3v) is 18.7. The molecule has 0 nitrogen and oxygen atoms in total. The van der Waals surface area contributed by atoms with Crippen LogP contribution < -0.4 is 0 Å². The zero-order valence-corrected chi connectivity index (χ0v) is 100. The molecule has 17 aromatic carbocycles. The Morgan fingerprint density at radius 2 is 0.475 bits per heavy atom. The minimum absolute atomic E-state index is 0. The van der Waals surface area contributed by atoms with Gasteiger partial charge in [0.1, 0.15) is 0 Å². The minimum atomic E-state index is 0. The molecule has 750 valence electrons. The topological polar surface area (TPSA) is 0 Å². The smallest absolute Gasteiger partial charge is 0 e. The van der Waals surface area contributed by atoms with Crippen molar-refractivity contribution >= 4 is 64.6 Å². The van der Waals surface area contributed by atoms with Gasteiger partial charge in [0.2, 0.25) is 0 Å². The molecule has 0 amide bonds.